The molecule has 0 aliphatic heterocycles. The van der Waals surface area contributed by atoms with Crippen molar-refractivity contribution in [2.75, 3.05) is 6.61 Å². The van der Waals surface area contributed by atoms with Crippen LogP contribution in [0.2, 0.25) is 0 Å². The average molecular weight is 300 g/mol. The van der Waals surface area contributed by atoms with Crippen LogP contribution < -0.4 is 4.74 Å². The Bertz CT molecular complexity index is 595. The zero-order chi connectivity index (χ0) is 15.8. The number of para-hydroxylation sites is 2. The topological polar surface area (TPSA) is 55.8 Å². The van der Waals surface area contributed by atoms with Gasteiger partial charge < -0.3 is 14.6 Å². The molecule has 0 aliphatic rings. The number of rotatable bonds is 8. The maximum Gasteiger partial charge on any atom is 0.333 e. The zero-order valence-corrected chi connectivity index (χ0v) is 12.6. The molecule has 0 spiro atoms. The fraction of sp³-hybridized carbons (Fsp3) is 0.278. The standard InChI is InChI=1S/C18H20O4/c1-2-12-21-17(18(19)20)13-14-8-6-7-11-16(14)22-15-9-4-3-5-10-15/h3-11,17H,2,12-13H2,1H3,(H,19,20)/t17-/m1/s1. The van der Waals surface area contributed by atoms with Crippen molar-refractivity contribution in [3.63, 3.8) is 0 Å². The van der Waals surface area contributed by atoms with Gasteiger partial charge in [0.25, 0.3) is 0 Å². The van der Waals surface area contributed by atoms with E-state index in [1.807, 2.05) is 61.5 Å². The van der Waals surface area contributed by atoms with Gasteiger partial charge in [0.1, 0.15) is 11.5 Å². The molecule has 4 heteroatoms. The first-order chi connectivity index (χ1) is 10.7. The van der Waals surface area contributed by atoms with Crippen molar-refractivity contribution in [2.45, 2.75) is 25.9 Å². The number of hydrogen-bond acceptors (Lipinski definition) is 3. The summed E-state index contributed by atoms with van der Waals surface area (Å²) in [4.78, 5) is 11.3. The third-order valence-electron chi connectivity index (χ3n) is 3.15. The number of carboxylic acid groups (broad SMARTS) is 1. The van der Waals surface area contributed by atoms with Crippen molar-refractivity contribution >= 4 is 5.97 Å². The Kier molecular flexibility index (Phi) is 5.98. The Morgan fingerprint density at radius 1 is 1.09 bits per heavy atom. The van der Waals surface area contributed by atoms with Crippen LogP contribution in [0, 0.1) is 0 Å². The van der Waals surface area contributed by atoms with Gasteiger partial charge in [0.05, 0.1) is 0 Å². The van der Waals surface area contributed by atoms with Gasteiger partial charge in [-0.2, -0.15) is 0 Å². The van der Waals surface area contributed by atoms with Gasteiger partial charge in [-0.3, -0.25) is 0 Å². The minimum absolute atomic E-state index is 0.276. The van der Waals surface area contributed by atoms with Crippen molar-refractivity contribution in [3.8, 4) is 11.5 Å². The predicted octanol–water partition coefficient (Wildman–Crippen LogP) is 3.90. The van der Waals surface area contributed by atoms with E-state index in [-0.39, 0.29) is 6.42 Å². The molecule has 4 nitrogen and oxygen atoms in total. The molecule has 22 heavy (non-hydrogen) atoms. The summed E-state index contributed by atoms with van der Waals surface area (Å²) in [5.74, 6) is 0.416. The summed E-state index contributed by atoms with van der Waals surface area (Å²) in [6, 6.07) is 16.8. The molecule has 0 amide bonds. The lowest BCUT2D eigenvalue weighted by Gasteiger charge is -2.16. The van der Waals surface area contributed by atoms with Crippen LogP contribution in [0.25, 0.3) is 0 Å². The van der Waals surface area contributed by atoms with Gasteiger partial charge in [-0.1, -0.05) is 43.3 Å². The average Bonchev–Trinajstić information content (AvgIpc) is 2.53. The van der Waals surface area contributed by atoms with E-state index in [2.05, 4.69) is 0 Å². The van der Waals surface area contributed by atoms with Crippen LogP contribution in [0.5, 0.6) is 11.5 Å². The number of hydrogen-bond donors (Lipinski definition) is 1. The van der Waals surface area contributed by atoms with Crippen LogP contribution in [0.4, 0.5) is 0 Å². The van der Waals surface area contributed by atoms with E-state index in [1.165, 1.54) is 0 Å². The van der Waals surface area contributed by atoms with Crippen molar-refractivity contribution in [1.29, 1.82) is 0 Å². The second-order valence-electron chi connectivity index (χ2n) is 4.92. The van der Waals surface area contributed by atoms with Crippen LogP contribution in [0.3, 0.4) is 0 Å². The van der Waals surface area contributed by atoms with Crippen molar-refractivity contribution in [3.05, 3.63) is 60.2 Å². The second-order valence-corrected chi connectivity index (χ2v) is 4.92. The Morgan fingerprint density at radius 2 is 1.77 bits per heavy atom. The normalized spacial score (nSPS) is 11.9. The summed E-state index contributed by atoms with van der Waals surface area (Å²) in [5, 5.41) is 9.28. The Morgan fingerprint density at radius 3 is 2.45 bits per heavy atom. The maximum atomic E-state index is 11.3. The lowest BCUT2D eigenvalue weighted by Crippen LogP contribution is -2.26. The van der Waals surface area contributed by atoms with Crippen molar-refractivity contribution in [2.24, 2.45) is 0 Å². The van der Waals surface area contributed by atoms with Gasteiger partial charge in [-0.05, 0) is 30.2 Å². The summed E-state index contributed by atoms with van der Waals surface area (Å²) in [7, 11) is 0. The molecule has 2 aromatic carbocycles. The predicted molar refractivity (Wildman–Crippen MR) is 84.3 cm³/mol. The van der Waals surface area contributed by atoms with Gasteiger partial charge >= 0.3 is 5.97 Å². The molecule has 0 aliphatic carbocycles. The molecule has 1 N–H and O–H groups in total. The van der Waals surface area contributed by atoms with Gasteiger partial charge in [0.15, 0.2) is 6.10 Å². The second kappa shape index (κ2) is 8.20. The summed E-state index contributed by atoms with van der Waals surface area (Å²) >= 11 is 0. The Balaban J connectivity index is 2.15. The molecule has 0 radical (unpaired) electrons. The quantitative estimate of drug-likeness (QED) is 0.803. The highest BCUT2D eigenvalue weighted by Gasteiger charge is 2.20. The molecule has 1 atom stereocenters. The minimum Gasteiger partial charge on any atom is -0.479 e. The third-order valence-corrected chi connectivity index (χ3v) is 3.15. The number of ether oxygens (including phenoxy) is 2. The van der Waals surface area contributed by atoms with Crippen LogP contribution >= 0.6 is 0 Å². The number of aliphatic carboxylic acids is 1. The first kappa shape index (κ1) is 16.0. The van der Waals surface area contributed by atoms with Crippen molar-refractivity contribution < 1.29 is 19.4 Å². The van der Waals surface area contributed by atoms with E-state index < -0.39 is 12.1 Å². The molecule has 0 bridgehead atoms. The third kappa shape index (κ3) is 4.60. The molecular weight excluding hydrogens is 280 g/mol. The number of carbonyl (C=O) groups is 1. The highest BCUT2D eigenvalue weighted by Crippen LogP contribution is 2.26. The first-order valence-corrected chi connectivity index (χ1v) is 7.36. The molecular formula is C18H20O4. The molecule has 0 aromatic heterocycles. The van der Waals surface area contributed by atoms with Gasteiger partial charge in [0, 0.05) is 13.0 Å². The van der Waals surface area contributed by atoms with Crippen LogP contribution in [-0.4, -0.2) is 23.8 Å². The van der Waals surface area contributed by atoms with E-state index in [0.717, 1.165) is 17.7 Å². The van der Waals surface area contributed by atoms with E-state index in [0.29, 0.717) is 12.4 Å². The van der Waals surface area contributed by atoms with Gasteiger partial charge in [0.2, 0.25) is 0 Å². The molecule has 2 rings (SSSR count). The molecule has 0 unspecified atom stereocenters. The SMILES string of the molecule is CCCO[C@H](Cc1ccccc1Oc1ccccc1)C(=O)O. The van der Waals surface area contributed by atoms with Gasteiger partial charge in [-0.25, -0.2) is 4.79 Å². The smallest absolute Gasteiger partial charge is 0.333 e. The maximum absolute atomic E-state index is 11.3. The zero-order valence-electron chi connectivity index (χ0n) is 12.6. The number of benzene rings is 2. The van der Waals surface area contributed by atoms with E-state index in [1.54, 1.807) is 0 Å². The first-order valence-electron chi connectivity index (χ1n) is 7.36. The fourth-order valence-electron chi connectivity index (χ4n) is 2.06. The molecule has 0 saturated carbocycles. The summed E-state index contributed by atoms with van der Waals surface area (Å²) < 4.78 is 11.3. The monoisotopic (exact) mass is 300 g/mol. The number of carboxylic acids is 1. The van der Waals surface area contributed by atoms with Gasteiger partial charge in [-0.15, -0.1) is 0 Å². The van der Waals surface area contributed by atoms with E-state index in [9.17, 15) is 9.90 Å². The van der Waals surface area contributed by atoms with Crippen LogP contribution in [0.15, 0.2) is 54.6 Å². The fourth-order valence-corrected chi connectivity index (χ4v) is 2.06. The summed E-state index contributed by atoms with van der Waals surface area (Å²) in [6.45, 7) is 2.38. The summed E-state index contributed by atoms with van der Waals surface area (Å²) in [6.07, 6.45) is 0.199. The molecule has 116 valence electrons. The minimum atomic E-state index is -0.956. The Hall–Kier alpha value is -2.33. The lowest BCUT2D eigenvalue weighted by atomic mass is 10.1. The molecule has 2 aromatic rings. The molecule has 0 heterocycles. The molecule has 0 saturated heterocycles. The largest absolute Gasteiger partial charge is 0.479 e. The van der Waals surface area contributed by atoms with E-state index >= 15 is 0 Å². The molecule has 0 fully saturated rings. The highest BCUT2D eigenvalue weighted by atomic mass is 16.5. The van der Waals surface area contributed by atoms with Crippen molar-refractivity contribution in [1.82, 2.24) is 0 Å². The summed E-state index contributed by atoms with van der Waals surface area (Å²) in [5.41, 5.74) is 0.815. The highest BCUT2D eigenvalue weighted by molar-refractivity contribution is 5.73. The lowest BCUT2D eigenvalue weighted by molar-refractivity contribution is -0.150. The van der Waals surface area contributed by atoms with Crippen LogP contribution in [0.1, 0.15) is 18.9 Å². The Labute approximate surface area is 130 Å². The van der Waals surface area contributed by atoms with E-state index in [4.69, 9.17) is 9.47 Å². The van der Waals surface area contributed by atoms with Crippen LogP contribution in [-0.2, 0) is 16.0 Å².